The van der Waals surface area contributed by atoms with Crippen molar-refractivity contribution in [1.82, 2.24) is 4.98 Å². The Hall–Kier alpha value is -2.73. The molecule has 3 aromatic rings. The molecule has 1 aromatic carbocycles. The maximum Gasteiger partial charge on any atom is 0.404 e. The van der Waals surface area contributed by atoms with Crippen LogP contribution >= 0.6 is 11.3 Å². The third kappa shape index (κ3) is 4.35. The molecule has 31 heavy (non-hydrogen) atoms. The van der Waals surface area contributed by atoms with Crippen LogP contribution in [0.2, 0.25) is 0 Å². The summed E-state index contributed by atoms with van der Waals surface area (Å²) in [7, 11) is 0. The minimum atomic E-state index is -0.833. The molecule has 0 spiro atoms. The summed E-state index contributed by atoms with van der Waals surface area (Å²) in [6, 6.07) is 14.7. The van der Waals surface area contributed by atoms with E-state index in [0.717, 1.165) is 44.1 Å². The zero-order valence-electron chi connectivity index (χ0n) is 17.4. The molecular weight excluding hydrogens is 408 g/mol. The number of fused-ring (bicyclic) bond motifs is 1. The van der Waals surface area contributed by atoms with Gasteiger partial charge in [-0.1, -0.05) is 24.3 Å². The fraction of sp³-hybridized carbons (Fsp3) is 0.400. The highest BCUT2D eigenvalue weighted by atomic mass is 32.1. The SMILES string of the molecule is NC(=O)OCc1ccc(C2CC2)c(C(=O)C2CCC(c3cc4ccccc4s3)CC2)n1. The molecule has 1 amide bonds. The van der Waals surface area contributed by atoms with E-state index in [4.69, 9.17) is 10.5 Å². The zero-order valence-corrected chi connectivity index (χ0v) is 18.2. The van der Waals surface area contributed by atoms with Gasteiger partial charge in [0.05, 0.1) is 5.69 Å². The van der Waals surface area contributed by atoms with Gasteiger partial charge in [0, 0.05) is 15.5 Å². The van der Waals surface area contributed by atoms with Crippen LogP contribution in [-0.4, -0.2) is 16.9 Å². The molecule has 5 nitrogen and oxygen atoms in total. The number of hydrogen-bond acceptors (Lipinski definition) is 5. The van der Waals surface area contributed by atoms with Crippen molar-refractivity contribution in [2.75, 3.05) is 0 Å². The lowest BCUT2D eigenvalue weighted by Crippen LogP contribution is -2.23. The van der Waals surface area contributed by atoms with Gasteiger partial charge in [0.25, 0.3) is 0 Å². The van der Waals surface area contributed by atoms with Gasteiger partial charge in [-0.25, -0.2) is 9.78 Å². The van der Waals surface area contributed by atoms with Gasteiger partial charge in [-0.15, -0.1) is 11.3 Å². The average Bonchev–Trinajstić information content (AvgIpc) is 3.55. The Labute approximate surface area is 185 Å². The molecule has 0 atom stereocenters. The van der Waals surface area contributed by atoms with Crippen LogP contribution in [0.15, 0.2) is 42.5 Å². The highest BCUT2D eigenvalue weighted by Gasteiger charge is 2.34. The molecule has 6 heteroatoms. The molecule has 2 fully saturated rings. The van der Waals surface area contributed by atoms with E-state index in [0.29, 0.717) is 23.2 Å². The number of hydrogen-bond donors (Lipinski definition) is 1. The second-order valence-electron chi connectivity index (χ2n) is 8.72. The highest BCUT2D eigenvalue weighted by Crippen LogP contribution is 2.44. The van der Waals surface area contributed by atoms with Crippen molar-refractivity contribution in [2.24, 2.45) is 11.7 Å². The molecule has 160 valence electrons. The van der Waals surface area contributed by atoms with E-state index in [9.17, 15) is 9.59 Å². The van der Waals surface area contributed by atoms with Gasteiger partial charge >= 0.3 is 6.09 Å². The third-order valence-corrected chi connectivity index (χ3v) is 7.82. The summed E-state index contributed by atoms with van der Waals surface area (Å²) in [5.74, 6) is 1.14. The van der Waals surface area contributed by atoms with Gasteiger partial charge < -0.3 is 10.5 Å². The second-order valence-corrected chi connectivity index (χ2v) is 9.84. The number of nitrogens with two attached hydrogens (primary N) is 1. The van der Waals surface area contributed by atoms with Crippen LogP contribution in [-0.2, 0) is 11.3 Å². The highest BCUT2D eigenvalue weighted by molar-refractivity contribution is 7.19. The summed E-state index contributed by atoms with van der Waals surface area (Å²) in [6.45, 7) is -0.000756. The number of carbonyl (C=O) groups is 2. The lowest BCUT2D eigenvalue weighted by molar-refractivity contribution is 0.0877. The Morgan fingerprint density at radius 2 is 1.74 bits per heavy atom. The molecule has 2 aliphatic rings. The topological polar surface area (TPSA) is 82.3 Å². The number of amides is 1. The maximum absolute atomic E-state index is 13.4. The molecular formula is C25H26N2O3S. The van der Waals surface area contributed by atoms with Crippen molar-refractivity contribution in [3.63, 3.8) is 0 Å². The number of carbonyl (C=O) groups excluding carboxylic acids is 2. The van der Waals surface area contributed by atoms with Crippen LogP contribution in [0.1, 0.15) is 77.0 Å². The van der Waals surface area contributed by atoms with E-state index in [1.54, 1.807) is 0 Å². The number of ketones is 1. The number of aromatic nitrogens is 1. The summed E-state index contributed by atoms with van der Waals surface area (Å²) in [4.78, 5) is 30.4. The summed E-state index contributed by atoms with van der Waals surface area (Å²) < 4.78 is 6.22. The van der Waals surface area contributed by atoms with Gasteiger partial charge in [0.15, 0.2) is 5.78 Å². The van der Waals surface area contributed by atoms with E-state index >= 15 is 0 Å². The molecule has 2 aliphatic carbocycles. The summed E-state index contributed by atoms with van der Waals surface area (Å²) in [5, 5.41) is 1.31. The Kier molecular flexibility index (Phi) is 5.48. The van der Waals surface area contributed by atoms with Crippen molar-refractivity contribution < 1.29 is 14.3 Å². The van der Waals surface area contributed by atoms with Crippen LogP contribution < -0.4 is 5.73 Å². The first-order valence-corrected chi connectivity index (χ1v) is 11.8. The van der Waals surface area contributed by atoms with E-state index < -0.39 is 6.09 Å². The van der Waals surface area contributed by atoms with Gasteiger partial charge in [-0.2, -0.15) is 0 Å². The summed E-state index contributed by atoms with van der Waals surface area (Å²) >= 11 is 1.89. The summed E-state index contributed by atoms with van der Waals surface area (Å²) in [6.07, 6.45) is 5.24. The average molecular weight is 435 g/mol. The fourth-order valence-electron chi connectivity index (χ4n) is 4.69. The molecule has 5 rings (SSSR count). The second kappa shape index (κ2) is 8.42. The molecule has 2 heterocycles. The molecule has 0 aliphatic heterocycles. The van der Waals surface area contributed by atoms with Crippen molar-refractivity contribution >= 4 is 33.3 Å². The number of Topliss-reactive ketones (excluding diaryl/α,β-unsaturated/α-hetero) is 1. The largest absolute Gasteiger partial charge is 0.443 e. The number of primary amides is 1. The van der Waals surface area contributed by atoms with Crippen molar-refractivity contribution in [3.8, 4) is 0 Å². The monoisotopic (exact) mass is 434 g/mol. The van der Waals surface area contributed by atoms with E-state index in [1.165, 1.54) is 15.0 Å². The van der Waals surface area contributed by atoms with Crippen LogP contribution in [0, 0.1) is 5.92 Å². The predicted octanol–water partition coefficient (Wildman–Crippen LogP) is 5.93. The number of nitrogens with zero attached hydrogens (tertiary/aromatic N) is 1. The van der Waals surface area contributed by atoms with Crippen LogP contribution in [0.25, 0.3) is 10.1 Å². The number of benzene rings is 1. The molecule has 2 aromatic heterocycles. The zero-order chi connectivity index (χ0) is 21.4. The summed E-state index contributed by atoms with van der Waals surface area (Å²) in [5.41, 5.74) is 7.29. The van der Waals surface area contributed by atoms with E-state index in [1.807, 2.05) is 23.5 Å². The molecule has 0 radical (unpaired) electrons. The number of thiophene rings is 1. The minimum Gasteiger partial charge on any atom is -0.443 e. The van der Waals surface area contributed by atoms with Gasteiger partial charge in [0.1, 0.15) is 12.3 Å². The molecule has 0 bridgehead atoms. The smallest absolute Gasteiger partial charge is 0.404 e. The predicted molar refractivity (Wildman–Crippen MR) is 121 cm³/mol. The Balaban J connectivity index is 1.30. The molecule has 2 N–H and O–H groups in total. The lowest BCUT2D eigenvalue weighted by Gasteiger charge is -2.27. The first-order chi connectivity index (χ1) is 15.1. The third-order valence-electron chi connectivity index (χ3n) is 6.54. The number of rotatable bonds is 6. The Morgan fingerprint density at radius 3 is 2.45 bits per heavy atom. The van der Waals surface area contributed by atoms with Crippen LogP contribution in [0.5, 0.6) is 0 Å². The standard InChI is InChI=1S/C25H26N2O3S/c26-25(29)30-14-19-11-12-20(15-5-6-15)23(27-19)24(28)17-9-7-16(8-10-17)22-13-18-3-1-2-4-21(18)31-22/h1-4,11-13,15-17H,5-10,14H2,(H2,26,29). The maximum atomic E-state index is 13.4. The van der Waals surface area contributed by atoms with Crippen molar-refractivity contribution in [3.05, 3.63) is 64.3 Å². The normalized spacial score (nSPS) is 21.2. The van der Waals surface area contributed by atoms with Crippen molar-refractivity contribution in [1.29, 1.82) is 0 Å². The lowest BCUT2D eigenvalue weighted by atomic mass is 9.78. The van der Waals surface area contributed by atoms with E-state index in [-0.39, 0.29) is 18.3 Å². The van der Waals surface area contributed by atoms with Gasteiger partial charge in [0.2, 0.25) is 0 Å². The van der Waals surface area contributed by atoms with E-state index in [2.05, 4.69) is 35.3 Å². The minimum absolute atomic E-state index is 0.000756. The van der Waals surface area contributed by atoms with Crippen LogP contribution in [0.3, 0.4) is 0 Å². The van der Waals surface area contributed by atoms with Crippen LogP contribution in [0.4, 0.5) is 4.79 Å². The fourth-order valence-corrected chi connectivity index (χ4v) is 5.93. The molecule has 0 saturated heterocycles. The molecule has 2 saturated carbocycles. The number of ether oxygens (including phenoxy) is 1. The first kappa shape index (κ1) is 20.2. The molecule has 0 unspecified atom stereocenters. The Bertz CT molecular complexity index is 1090. The number of pyridine rings is 1. The first-order valence-electron chi connectivity index (χ1n) is 11.0. The van der Waals surface area contributed by atoms with Crippen molar-refractivity contribution in [2.45, 2.75) is 57.0 Å². The Morgan fingerprint density at radius 1 is 1.00 bits per heavy atom. The quantitative estimate of drug-likeness (QED) is 0.488. The van der Waals surface area contributed by atoms with Gasteiger partial charge in [-0.05, 0) is 79.5 Å². The van der Waals surface area contributed by atoms with Gasteiger partial charge in [-0.3, -0.25) is 4.79 Å².